The van der Waals surface area contributed by atoms with Crippen molar-refractivity contribution >= 4 is 29.0 Å². The summed E-state index contributed by atoms with van der Waals surface area (Å²) < 4.78 is 0. The molecule has 0 spiro atoms. The summed E-state index contributed by atoms with van der Waals surface area (Å²) in [6.45, 7) is -0.0383. The van der Waals surface area contributed by atoms with Crippen LogP contribution in [0.15, 0.2) is 18.3 Å². The highest BCUT2D eigenvalue weighted by molar-refractivity contribution is 7.80. The zero-order chi connectivity index (χ0) is 11.0. The van der Waals surface area contributed by atoms with Crippen molar-refractivity contribution in [3.8, 4) is 0 Å². The van der Waals surface area contributed by atoms with Gasteiger partial charge in [-0.2, -0.15) is 0 Å². The number of hydrogen-bond donors (Lipinski definition) is 1. The summed E-state index contributed by atoms with van der Waals surface area (Å²) in [4.78, 5) is 28.3. The average molecular weight is 221 g/mol. The molecular weight excluding hydrogens is 214 g/mol. The molecule has 2 rings (SSSR count). The fourth-order valence-electron chi connectivity index (χ4n) is 1.41. The highest BCUT2D eigenvalue weighted by atomic mass is 32.1. The van der Waals surface area contributed by atoms with Crippen molar-refractivity contribution in [2.24, 2.45) is 5.73 Å². The lowest BCUT2D eigenvalue weighted by atomic mass is 10.2. The second kappa shape index (κ2) is 3.39. The molecular formula is C9H7N3O2S. The minimum absolute atomic E-state index is 0.0383. The molecule has 0 fully saturated rings. The fraction of sp³-hybridized carbons (Fsp3) is 0.111. The Morgan fingerprint density at radius 1 is 1.47 bits per heavy atom. The van der Waals surface area contributed by atoms with Crippen molar-refractivity contribution in [3.63, 3.8) is 0 Å². The van der Waals surface area contributed by atoms with Crippen LogP contribution in [-0.4, -0.2) is 33.2 Å². The molecule has 0 radical (unpaired) electrons. The van der Waals surface area contributed by atoms with Gasteiger partial charge in [-0.05, 0) is 12.1 Å². The molecule has 0 atom stereocenters. The van der Waals surface area contributed by atoms with Crippen molar-refractivity contribution < 1.29 is 9.59 Å². The van der Waals surface area contributed by atoms with E-state index in [-0.39, 0.29) is 17.2 Å². The summed E-state index contributed by atoms with van der Waals surface area (Å²) in [6.07, 6.45) is 1.47. The number of hydrogen-bond acceptors (Lipinski definition) is 4. The van der Waals surface area contributed by atoms with E-state index in [9.17, 15) is 9.59 Å². The molecule has 0 aliphatic carbocycles. The quantitative estimate of drug-likeness (QED) is 0.560. The van der Waals surface area contributed by atoms with E-state index in [1.165, 1.54) is 6.20 Å². The second-order valence-electron chi connectivity index (χ2n) is 3.06. The van der Waals surface area contributed by atoms with E-state index < -0.39 is 11.8 Å². The number of carbonyl (C=O) groups is 2. The van der Waals surface area contributed by atoms with Crippen LogP contribution >= 0.6 is 12.2 Å². The van der Waals surface area contributed by atoms with E-state index in [1.54, 1.807) is 12.1 Å². The predicted octanol–water partition coefficient (Wildman–Crippen LogP) is -0.0363. The Morgan fingerprint density at radius 3 is 2.80 bits per heavy atom. The van der Waals surface area contributed by atoms with E-state index in [4.69, 9.17) is 5.73 Å². The number of rotatable bonds is 2. The molecule has 76 valence electrons. The molecule has 5 nitrogen and oxygen atoms in total. The predicted molar refractivity (Wildman–Crippen MR) is 56.4 cm³/mol. The van der Waals surface area contributed by atoms with E-state index >= 15 is 0 Å². The molecule has 0 saturated carbocycles. The fourth-order valence-corrected chi connectivity index (χ4v) is 1.54. The van der Waals surface area contributed by atoms with Gasteiger partial charge in [-0.1, -0.05) is 12.2 Å². The summed E-state index contributed by atoms with van der Waals surface area (Å²) >= 11 is 4.66. The summed E-state index contributed by atoms with van der Waals surface area (Å²) in [5, 5.41) is 0. The number of nitrogens with zero attached hydrogens (tertiary/aromatic N) is 2. The van der Waals surface area contributed by atoms with Crippen LogP contribution in [-0.2, 0) is 0 Å². The Kier molecular flexibility index (Phi) is 2.20. The SMILES string of the molecule is NC(=S)CN1C(=O)c2cccnc2C1=O. The standard InChI is InChI=1S/C9H7N3O2S/c10-6(15)4-12-8(13)5-2-1-3-11-7(5)9(12)14/h1-3H,4H2,(H2,10,15). The maximum atomic E-state index is 11.7. The van der Waals surface area contributed by atoms with Gasteiger partial charge in [0.15, 0.2) is 0 Å². The van der Waals surface area contributed by atoms with Gasteiger partial charge >= 0.3 is 0 Å². The normalized spacial score (nSPS) is 14.3. The molecule has 0 saturated heterocycles. The van der Waals surface area contributed by atoms with Gasteiger partial charge in [0, 0.05) is 6.20 Å². The van der Waals surface area contributed by atoms with Gasteiger partial charge in [-0.25, -0.2) is 0 Å². The second-order valence-corrected chi connectivity index (χ2v) is 3.59. The number of thiocarbonyl (C=S) groups is 1. The Balaban J connectivity index is 2.41. The third-order valence-corrected chi connectivity index (χ3v) is 2.17. The van der Waals surface area contributed by atoms with Gasteiger partial charge in [0.05, 0.1) is 17.1 Å². The van der Waals surface area contributed by atoms with Crippen LogP contribution in [0.3, 0.4) is 0 Å². The van der Waals surface area contributed by atoms with E-state index in [0.717, 1.165) is 4.90 Å². The van der Waals surface area contributed by atoms with Gasteiger partial charge in [0.25, 0.3) is 11.8 Å². The van der Waals surface area contributed by atoms with Gasteiger partial charge in [-0.3, -0.25) is 19.5 Å². The summed E-state index contributed by atoms with van der Waals surface area (Å²) in [7, 11) is 0. The average Bonchev–Trinajstić information content (AvgIpc) is 2.44. The highest BCUT2D eigenvalue weighted by Gasteiger charge is 2.36. The van der Waals surface area contributed by atoms with Crippen molar-refractivity contribution in [3.05, 3.63) is 29.6 Å². The lowest BCUT2D eigenvalue weighted by molar-refractivity contribution is 0.0676. The van der Waals surface area contributed by atoms with Crippen LogP contribution in [0.1, 0.15) is 20.8 Å². The third kappa shape index (κ3) is 1.48. The van der Waals surface area contributed by atoms with Crippen LogP contribution < -0.4 is 5.73 Å². The summed E-state index contributed by atoms with van der Waals surface area (Å²) in [5.41, 5.74) is 5.77. The van der Waals surface area contributed by atoms with Crippen LogP contribution in [0.4, 0.5) is 0 Å². The zero-order valence-electron chi connectivity index (χ0n) is 7.64. The molecule has 2 amide bonds. The molecule has 1 aliphatic rings. The first-order valence-electron chi connectivity index (χ1n) is 4.21. The molecule has 15 heavy (non-hydrogen) atoms. The number of aromatic nitrogens is 1. The summed E-state index contributed by atoms with van der Waals surface area (Å²) in [6, 6.07) is 3.16. The smallest absolute Gasteiger partial charge is 0.280 e. The Hall–Kier alpha value is -1.82. The molecule has 6 heteroatoms. The van der Waals surface area contributed by atoms with Gasteiger partial charge in [0.1, 0.15) is 5.69 Å². The van der Waals surface area contributed by atoms with E-state index in [1.807, 2.05) is 0 Å². The first-order chi connectivity index (χ1) is 7.11. The Morgan fingerprint density at radius 2 is 2.20 bits per heavy atom. The molecule has 2 N–H and O–H groups in total. The van der Waals surface area contributed by atoms with Crippen LogP contribution in [0.2, 0.25) is 0 Å². The molecule has 0 bridgehead atoms. The number of nitrogens with two attached hydrogens (primary N) is 1. The number of amides is 2. The first-order valence-corrected chi connectivity index (χ1v) is 4.61. The largest absolute Gasteiger partial charge is 0.392 e. The maximum Gasteiger partial charge on any atom is 0.280 e. The minimum atomic E-state index is -0.441. The topological polar surface area (TPSA) is 76.3 Å². The molecule has 1 aromatic rings. The highest BCUT2D eigenvalue weighted by Crippen LogP contribution is 2.19. The maximum absolute atomic E-state index is 11.7. The number of pyridine rings is 1. The number of imide groups is 1. The number of fused-ring (bicyclic) bond motifs is 1. The van der Waals surface area contributed by atoms with Gasteiger partial charge in [0.2, 0.25) is 0 Å². The molecule has 1 aromatic heterocycles. The molecule has 1 aliphatic heterocycles. The van der Waals surface area contributed by atoms with Gasteiger partial charge < -0.3 is 5.73 Å². The van der Waals surface area contributed by atoms with E-state index in [2.05, 4.69) is 17.2 Å². The van der Waals surface area contributed by atoms with Gasteiger partial charge in [-0.15, -0.1) is 0 Å². The van der Waals surface area contributed by atoms with Crippen LogP contribution in [0, 0.1) is 0 Å². The van der Waals surface area contributed by atoms with Crippen molar-refractivity contribution in [1.82, 2.24) is 9.88 Å². The van der Waals surface area contributed by atoms with Crippen molar-refractivity contribution in [2.75, 3.05) is 6.54 Å². The lowest BCUT2D eigenvalue weighted by Crippen LogP contribution is -2.37. The monoisotopic (exact) mass is 221 g/mol. The first kappa shape index (κ1) is 9.72. The van der Waals surface area contributed by atoms with E-state index in [0.29, 0.717) is 5.56 Å². The zero-order valence-corrected chi connectivity index (χ0v) is 8.45. The third-order valence-electron chi connectivity index (χ3n) is 2.04. The van der Waals surface area contributed by atoms with Crippen molar-refractivity contribution in [2.45, 2.75) is 0 Å². The molecule has 2 heterocycles. The molecule has 0 aromatic carbocycles. The van der Waals surface area contributed by atoms with Crippen LogP contribution in [0.5, 0.6) is 0 Å². The Labute approximate surface area is 90.9 Å². The molecule has 0 unspecified atom stereocenters. The van der Waals surface area contributed by atoms with Crippen LogP contribution in [0.25, 0.3) is 0 Å². The Bertz CT molecular complexity index is 437. The van der Waals surface area contributed by atoms with Crippen molar-refractivity contribution in [1.29, 1.82) is 0 Å². The minimum Gasteiger partial charge on any atom is -0.392 e. The summed E-state index contributed by atoms with van der Waals surface area (Å²) in [5.74, 6) is -0.834. The number of carbonyl (C=O) groups excluding carboxylic acids is 2. The lowest BCUT2D eigenvalue weighted by Gasteiger charge is -2.11.